The molecule has 1 aromatic carbocycles. The minimum Gasteiger partial charge on any atom is -0.293 e. The third-order valence-corrected chi connectivity index (χ3v) is 3.24. The van der Waals surface area contributed by atoms with E-state index in [9.17, 15) is 22.0 Å². The van der Waals surface area contributed by atoms with Crippen LogP contribution in [-0.2, 0) is 9.84 Å². The fourth-order valence-electron chi connectivity index (χ4n) is 1.06. The first-order valence-corrected chi connectivity index (χ1v) is 6.92. The monoisotopic (exact) mass is 312 g/mol. The highest BCUT2D eigenvalue weighted by molar-refractivity contribution is 9.10. The SMILES string of the molecule is CS(=O)(=O)CC(=O)c1ccc(F)c(Br)c1F. The Bertz CT molecular complexity index is 540. The van der Waals surface area contributed by atoms with E-state index in [0.29, 0.717) is 0 Å². The van der Waals surface area contributed by atoms with E-state index in [-0.39, 0.29) is 0 Å². The molecule has 88 valence electrons. The summed E-state index contributed by atoms with van der Waals surface area (Å²) in [5.74, 6) is -3.65. The van der Waals surface area contributed by atoms with Gasteiger partial charge in [0, 0.05) is 6.26 Å². The van der Waals surface area contributed by atoms with Gasteiger partial charge >= 0.3 is 0 Å². The number of carbonyl (C=O) groups excluding carboxylic acids is 1. The van der Waals surface area contributed by atoms with Gasteiger partial charge in [-0.15, -0.1) is 0 Å². The third-order valence-electron chi connectivity index (χ3n) is 1.73. The molecule has 0 aliphatic heterocycles. The number of hydrogen-bond donors (Lipinski definition) is 0. The molecule has 0 bridgehead atoms. The molecular formula is C9H7BrF2O3S. The Morgan fingerprint density at radius 1 is 1.38 bits per heavy atom. The lowest BCUT2D eigenvalue weighted by molar-refractivity contribution is 0.101. The molecule has 0 fully saturated rings. The van der Waals surface area contributed by atoms with Gasteiger partial charge < -0.3 is 0 Å². The highest BCUT2D eigenvalue weighted by Gasteiger charge is 2.20. The lowest BCUT2D eigenvalue weighted by Crippen LogP contribution is -2.16. The molecule has 0 aliphatic carbocycles. The average molecular weight is 313 g/mol. The number of rotatable bonds is 3. The molecule has 0 saturated heterocycles. The van der Waals surface area contributed by atoms with Crippen LogP contribution in [0, 0.1) is 11.6 Å². The summed E-state index contributed by atoms with van der Waals surface area (Å²) in [6.45, 7) is 0. The molecule has 0 radical (unpaired) electrons. The largest absolute Gasteiger partial charge is 0.293 e. The Kier molecular flexibility index (Phi) is 3.80. The lowest BCUT2D eigenvalue weighted by atomic mass is 10.1. The van der Waals surface area contributed by atoms with Crippen molar-refractivity contribution in [2.24, 2.45) is 0 Å². The van der Waals surface area contributed by atoms with E-state index in [0.717, 1.165) is 18.4 Å². The molecule has 0 N–H and O–H groups in total. The first kappa shape index (κ1) is 13.2. The number of carbonyl (C=O) groups is 1. The molecule has 0 amide bonds. The maximum atomic E-state index is 13.4. The molecule has 3 nitrogen and oxygen atoms in total. The second kappa shape index (κ2) is 4.58. The molecule has 0 aliphatic rings. The average Bonchev–Trinajstić information content (AvgIpc) is 2.11. The molecular weight excluding hydrogens is 306 g/mol. The van der Waals surface area contributed by atoms with Crippen molar-refractivity contribution in [1.82, 2.24) is 0 Å². The molecule has 0 atom stereocenters. The quantitative estimate of drug-likeness (QED) is 0.633. The molecule has 16 heavy (non-hydrogen) atoms. The van der Waals surface area contributed by atoms with Crippen LogP contribution >= 0.6 is 15.9 Å². The molecule has 0 unspecified atom stereocenters. The first-order valence-electron chi connectivity index (χ1n) is 4.07. The van der Waals surface area contributed by atoms with E-state index in [4.69, 9.17) is 0 Å². The molecule has 7 heteroatoms. The van der Waals surface area contributed by atoms with Crippen LogP contribution in [0.2, 0.25) is 0 Å². The van der Waals surface area contributed by atoms with Crippen molar-refractivity contribution in [2.45, 2.75) is 0 Å². The zero-order valence-corrected chi connectivity index (χ0v) is 10.5. The van der Waals surface area contributed by atoms with E-state index in [1.54, 1.807) is 0 Å². The van der Waals surface area contributed by atoms with Gasteiger partial charge in [0.05, 0.1) is 10.0 Å². The minimum absolute atomic E-state index is 0.446. The van der Waals surface area contributed by atoms with Gasteiger partial charge in [0.1, 0.15) is 11.6 Å². The van der Waals surface area contributed by atoms with Gasteiger partial charge in [0.2, 0.25) is 0 Å². The summed E-state index contributed by atoms with van der Waals surface area (Å²) in [4.78, 5) is 11.4. The van der Waals surface area contributed by atoms with Gasteiger partial charge in [0.15, 0.2) is 21.4 Å². The minimum atomic E-state index is -3.54. The van der Waals surface area contributed by atoms with Gasteiger partial charge in [-0.1, -0.05) is 0 Å². The number of hydrogen-bond acceptors (Lipinski definition) is 3. The molecule has 0 saturated carbocycles. The highest BCUT2D eigenvalue weighted by atomic mass is 79.9. The molecule has 0 spiro atoms. The van der Waals surface area contributed by atoms with Crippen molar-refractivity contribution in [3.63, 3.8) is 0 Å². The molecule has 0 heterocycles. The lowest BCUT2D eigenvalue weighted by Gasteiger charge is -2.03. The Morgan fingerprint density at radius 2 is 1.94 bits per heavy atom. The van der Waals surface area contributed by atoms with E-state index >= 15 is 0 Å². The van der Waals surface area contributed by atoms with Crippen LogP contribution in [0.3, 0.4) is 0 Å². The highest BCUT2D eigenvalue weighted by Crippen LogP contribution is 2.23. The first-order chi connectivity index (χ1) is 7.22. The zero-order chi connectivity index (χ0) is 12.5. The van der Waals surface area contributed by atoms with Crippen molar-refractivity contribution in [3.8, 4) is 0 Å². The predicted molar refractivity (Wildman–Crippen MR) is 58.1 cm³/mol. The van der Waals surface area contributed by atoms with Crippen molar-refractivity contribution in [3.05, 3.63) is 33.8 Å². The van der Waals surface area contributed by atoms with E-state index in [1.807, 2.05) is 0 Å². The van der Waals surface area contributed by atoms with Crippen LogP contribution in [-0.4, -0.2) is 26.2 Å². The molecule has 1 aromatic rings. The summed E-state index contributed by atoms with van der Waals surface area (Å²) in [6.07, 6.45) is 0.862. The molecule has 1 rings (SSSR count). The van der Waals surface area contributed by atoms with Crippen LogP contribution in [0.4, 0.5) is 8.78 Å². The Labute approximate surface area is 99.5 Å². The summed E-state index contributed by atoms with van der Waals surface area (Å²) in [6, 6.07) is 1.81. The van der Waals surface area contributed by atoms with Crippen molar-refractivity contribution in [1.29, 1.82) is 0 Å². The topological polar surface area (TPSA) is 51.2 Å². The smallest absolute Gasteiger partial charge is 0.180 e. The van der Waals surface area contributed by atoms with Crippen LogP contribution in [0.5, 0.6) is 0 Å². The van der Waals surface area contributed by atoms with Gasteiger partial charge in [-0.25, -0.2) is 17.2 Å². The van der Waals surface area contributed by atoms with Crippen LogP contribution < -0.4 is 0 Å². The normalized spacial score (nSPS) is 11.5. The van der Waals surface area contributed by atoms with Crippen LogP contribution in [0.25, 0.3) is 0 Å². The fourth-order valence-corrected chi connectivity index (χ4v) is 2.03. The van der Waals surface area contributed by atoms with Crippen LogP contribution in [0.15, 0.2) is 16.6 Å². The van der Waals surface area contributed by atoms with Gasteiger partial charge in [-0.3, -0.25) is 4.79 Å². The summed E-state index contributed by atoms with van der Waals surface area (Å²) < 4.78 is 47.4. The summed E-state index contributed by atoms with van der Waals surface area (Å²) in [7, 11) is -3.54. The van der Waals surface area contributed by atoms with Crippen molar-refractivity contribution >= 4 is 31.6 Å². The van der Waals surface area contributed by atoms with Gasteiger partial charge in [-0.2, -0.15) is 0 Å². The summed E-state index contributed by atoms with van der Waals surface area (Å²) in [5.41, 5.74) is -0.446. The Morgan fingerprint density at radius 3 is 2.44 bits per heavy atom. The predicted octanol–water partition coefficient (Wildman–Crippen LogP) is 1.95. The summed E-state index contributed by atoms with van der Waals surface area (Å²) in [5, 5.41) is 0. The third kappa shape index (κ3) is 3.08. The fraction of sp³-hybridized carbons (Fsp3) is 0.222. The maximum absolute atomic E-state index is 13.4. The number of sulfone groups is 1. The molecule has 0 aromatic heterocycles. The van der Waals surface area contributed by atoms with E-state index < -0.39 is 43.0 Å². The summed E-state index contributed by atoms with van der Waals surface area (Å²) >= 11 is 2.63. The second-order valence-corrected chi connectivity index (χ2v) is 6.15. The Hall–Kier alpha value is -0.820. The zero-order valence-electron chi connectivity index (χ0n) is 8.13. The van der Waals surface area contributed by atoms with E-state index in [2.05, 4.69) is 15.9 Å². The van der Waals surface area contributed by atoms with Crippen molar-refractivity contribution in [2.75, 3.05) is 12.0 Å². The number of benzene rings is 1. The standard InChI is InChI=1S/C9H7BrF2O3S/c1-16(14,15)4-7(13)5-2-3-6(11)8(10)9(5)12/h2-3H,4H2,1H3. The van der Waals surface area contributed by atoms with Crippen LogP contribution in [0.1, 0.15) is 10.4 Å². The van der Waals surface area contributed by atoms with E-state index in [1.165, 1.54) is 0 Å². The van der Waals surface area contributed by atoms with Gasteiger partial charge in [-0.05, 0) is 28.1 Å². The number of halogens is 3. The van der Waals surface area contributed by atoms with Gasteiger partial charge in [0.25, 0.3) is 0 Å². The second-order valence-electron chi connectivity index (χ2n) is 3.22. The maximum Gasteiger partial charge on any atom is 0.180 e. The number of Topliss-reactive ketones (excluding diaryl/α,β-unsaturated/α-hetero) is 1. The number of ketones is 1. The van der Waals surface area contributed by atoms with Crippen molar-refractivity contribution < 1.29 is 22.0 Å². The Balaban J connectivity index is 3.16.